The molecule has 0 saturated carbocycles. The third kappa shape index (κ3) is 2.09. The molecule has 82 valence electrons. The van der Waals surface area contributed by atoms with Crippen molar-refractivity contribution in [3.8, 4) is 0 Å². The number of carbonyl (C=O) groups excluding carboxylic acids is 1. The smallest absolute Gasteiger partial charge is 0.312 e. The lowest BCUT2D eigenvalue weighted by molar-refractivity contribution is 0.103. The Labute approximate surface area is 96.1 Å². The molecule has 1 aromatic carbocycles. The molecule has 0 saturated heterocycles. The van der Waals surface area contributed by atoms with Crippen LogP contribution in [0.4, 0.5) is 0 Å². The number of benzene rings is 1. The summed E-state index contributed by atoms with van der Waals surface area (Å²) in [6, 6.07) is 7.25. The molecule has 2 aromatic rings. The lowest BCUT2D eigenvalue weighted by atomic mass is 10.1. The maximum atomic E-state index is 11.9. The van der Waals surface area contributed by atoms with Crippen LogP contribution in [0.3, 0.4) is 0 Å². The van der Waals surface area contributed by atoms with Crippen LogP contribution in [-0.4, -0.2) is 22.0 Å². The summed E-state index contributed by atoms with van der Waals surface area (Å²) in [5.74, 6) is -0.189. The Kier molecular flexibility index (Phi) is 2.96. The van der Waals surface area contributed by atoms with Gasteiger partial charge in [-0.1, -0.05) is 0 Å². The number of imidazole rings is 1. The van der Waals surface area contributed by atoms with Crippen LogP contribution in [0.5, 0.6) is 0 Å². The van der Waals surface area contributed by atoms with Gasteiger partial charge >= 0.3 is 5.69 Å². The predicted octanol–water partition coefficient (Wildman–Crippen LogP) is 1.66. The highest BCUT2D eigenvalue weighted by Gasteiger charge is 2.10. The monoisotopic (exact) mass is 234 g/mol. The zero-order chi connectivity index (χ0) is 11.5. The van der Waals surface area contributed by atoms with E-state index >= 15 is 0 Å². The third-order valence-corrected chi connectivity index (χ3v) is 2.94. The molecule has 16 heavy (non-hydrogen) atoms. The van der Waals surface area contributed by atoms with E-state index in [1.165, 1.54) is 6.20 Å². The molecule has 0 bridgehead atoms. The van der Waals surface area contributed by atoms with E-state index in [9.17, 15) is 9.59 Å². The van der Waals surface area contributed by atoms with Gasteiger partial charge in [-0.3, -0.25) is 4.79 Å². The van der Waals surface area contributed by atoms with E-state index < -0.39 is 0 Å². The first-order valence-electron chi connectivity index (χ1n) is 4.67. The second-order valence-corrected chi connectivity index (χ2v) is 4.09. The predicted molar refractivity (Wildman–Crippen MR) is 63.1 cm³/mol. The van der Waals surface area contributed by atoms with Gasteiger partial charge in [0.2, 0.25) is 5.78 Å². The molecule has 0 unspecified atom stereocenters. The standard InChI is InChI=1S/C11H10N2O2S/c1-16-8-4-2-7(3-5-8)10(14)9-6-12-11(15)13-9/h2-6H,1H3,(H2,12,13,15). The Balaban J connectivity index is 2.30. The van der Waals surface area contributed by atoms with E-state index in [4.69, 9.17) is 0 Å². The fourth-order valence-electron chi connectivity index (χ4n) is 1.35. The molecule has 0 atom stereocenters. The molecule has 0 spiro atoms. The molecule has 1 aromatic heterocycles. The van der Waals surface area contributed by atoms with Gasteiger partial charge in [0.15, 0.2) is 0 Å². The van der Waals surface area contributed by atoms with Crippen molar-refractivity contribution in [3.05, 3.63) is 52.2 Å². The Morgan fingerprint density at radius 1 is 1.25 bits per heavy atom. The summed E-state index contributed by atoms with van der Waals surface area (Å²) >= 11 is 1.61. The van der Waals surface area contributed by atoms with Gasteiger partial charge in [-0.05, 0) is 30.5 Å². The van der Waals surface area contributed by atoms with Gasteiger partial charge in [-0.15, -0.1) is 11.8 Å². The second-order valence-electron chi connectivity index (χ2n) is 3.21. The lowest BCUT2D eigenvalue weighted by Crippen LogP contribution is -2.06. The Morgan fingerprint density at radius 2 is 1.94 bits per heavy atom. The van der Waals surface area contributed by atoms with Gasteiger partial charge in [0.1, 0.15) is 5.69 Å². The topological polar surface area (TPSA) is 65.7 Å². The minimum absolute atomic E-state index is 0.189. The summed E-state index contributed by atoms with van der Waals surface area (Å²) in [5.41, 5.74) is 0.471. The number of aromatic amines is 2. The maximum absolute atomic E-state index is 11.9. The first kappa shape index (κ1) is 10.8. The molecule has 2 rings (SSSR count). The molecule has 0 aliphatic carbocycles. The van der Waals surface area contributed by atoms with E-state index in [1.807, 2.05) is 18.4 Å². The van der Waals surface area contributed by atoms with E-state index in [0.29, 0.717) is 5.56 Å². The maximum Gasteiger partial charge on any atom is 0.323 e. The van der Waals surface area contributed by atoms with Crippen molar-refractivity contribution in [2.75, 3.05) is 6.26 Å². The summed E-state index contributed by atoms with van der Waals surface area (Å²) in [4.78, 5) is 28.7. The van der Waals surface area contributed by atoms with Crippen LogP contribution < -0.4 is 5.69 Å². The number of hydrogen-bond acceptors (Lipinski definition) is 3. The van der Waals surface area contributed by atoms with Crippen molar-refractivity contribution in [2.24, 2.45) is 0 Å². The highest BCUT2D eigenvalue weighted by molar-refractivity contribution is 7.98. The lowest BCUT2D eigenvalue weighted by Gasteiger charge is -1.99. The van der Waals surface area contributed by atoms with E-state index in [1.54, 1.807) is 23.9 Å². The number of carbonyl (C=O) groups is 1. The average molecular weight is 234 g/mol. The van der Waals surface area contributed by atoms with Crippen molar-refractivity contribution in [3.63, 3.8) is 0 Å². The third-order valence-electron chi connectivity index (χ3n) is 2.19. The number of thioether (sulfide) groups is 1. The molecular weight excluding hydrogens is 224 g/mol. The fourth-order valence-corrected chi connectivity index (χ4v) is 1.76. The molecular formula is C11H10N2O2S. The van der Waals surface area contributed by atoms with Gasteiger partial charge < -0.3 is 9.97 Å². The van der Waals surface area contributed by atoms with Crippen LogP contribution in [0, 0.1) is 0 Å². The van der Waals surface area contributed by atoms with Gasteiger partial charge in [0.05, 0.1) is 0 Å². The van der Waals surface area contributed by atoms with Crippen LogP contribution in [0.25, 0.3) is 0 Å². The largest absolute Gasteiger partial charge is 0.323 e. The van der Waals surface area contributed by atoms with E-state index in [2.05, 4.69) is 9.97 Å². The van der Waals surface area contributed by atoms with Gasteiger partial charge in [-0.25, -0.2) is 4.79 Å². The highest BCUT2D eigenvalue weighted by atomic mass is 32.2. The first-order valence-corrected chi connectivity index (χ1v) is 5.89. The molecule has 0 aliphatic rings. The van der Waals surface area contributed by atoms with Crippen LogP contribution >= 0.6 is 11.8 Å². The summed E-state index contributed by atoms with van der Waals surface area (Å²) in [7, 11) is 0. The molecule has 1 heterocycles. The summed E-state index contributed by atoms with van der Waals surface area (Å²) in [6.45, 7) is 0. The second kappa shape index (κ2) is 4.40. The Hall–Kier alpha value is -1.75. The normalized spacial score (nSPS) is 10.3. The van der Waals surface area contributed by atoms with E-state index in [0.717, 1.165) is 4.90 Å². The van der Waals surface area contributed by atoms with Crippen LogP contribution in [0.15, 0.2) is 40.2 Å². The van der Waals surface area contributed by atoms with Crippen molar-refractivity contribution >= 4 is 17.5 Å². The molecule has 2 N–H and O–H groups in total. The first-order chi connectivity index (χ1) is 7.70. The van der Waals surface area contributed by atoms with Gasteiger partial charge in [0, 0.05) is 16.7 Å². The van der Waals surface area contributed by atoms with Gasteiger partial charge in [-0.2, -0.15) is 0 Å². The molecule has 0 fully saturated rings. The van der Waals surface area contributed by atoms with Crippen LogP contribution in [-0.2, 0) is 0 Å². The summed E-state index contributed by atoms with van der Waals surface area (Å²) in [6.07, 6.45) is 3.35. The van der Waals surface area contributed by atoms with Crippen molar-refractivity contribution < 1.29 is 4.79 Å². The highest BCUT2D eigenvalue weighted by Crippen LogP contribution is 2.16. The summed E-state index contributed by atoms with van der Waals surface area (Å²) in [5, 5.41) is 0. The number of aromatic nitrogens is 2. The zero-order valence-corrected chi connectivity index (χ0v) is 9.43. The molecule has 4 nitrogen and oxygen atoms in total. The minimum Gasteiger partial charge on any atom is -0.312 e. The molecule has 0 aliphatic heterocycles. The van der Waals surface area contributed by atoms with Crippen molar-refractivity contribution in [1.82, 2.24) is 9.97 Å². The number of hydrogen-bond donors (Lipinski definition) is 2. The SMILES string of the molecule is CSc1ccc(C(=O)c2c[nH]c(=O)[nH]2)cc1. The van der Waals surface area contributed by atoms with Crippen LogP contribution in [0.1, 0.15) is 16.1 Å². The quantitative estimate of drug-likeness (QED) is 0.627. The molecule has 0 radical (unpaired) electrons. The average Bonchev–Trinajstić information content (AvgIpc) is 2.75. The fraction of sp³-hybridized carbons (Fsp3) is 0.0909. The van der Waals surface area contributed by atoms with Crippen molar-refractivity contribution in [1.29, 1.82) is 0 Å². The number of rotatable bonds is 3. The summed E-state index contributed by atoms with van der Waals surface area (Å²) < 4.78 is 0. The Bertz CT molecular complexity index is 554. The molecule has 0 amide bonds. The number of ketones is 1. The minimum atomic E-state index is -0.371. The number of H-pyrrole nitrogens is 2. The molecule has 5 heteroatoms. The Morgan fingerprint density at radius 3 is 2.44 bits per heavy atom. The van der Waals surface area contributed by atoms with Crippen LogP contribution in [0.2, 0.25) is 0 Å². The van der Waals surface area contributed by atoms with Gasteiger partial charge in [0.25, 0.3) is 0 Å². The number of nitrogens with one attached hydrogen (secondary N) is 2. The van der Waals surface area contributed by atoms with Crippen molar-refractivity contribution in [2.45, 2.75) is 4.90 Å². The zero-order valence-electron chi connectivity index (χ0n) is 8.61. The van der Waals surface area contributed by atoms with E-state index in [-0.39, 0.29) is 17.2 Å².